The number of aromatic nitrogens is 2. The molecule has 0 radical (unpaired) electrons. The summed E-state index contributed by atoms with van der Waals surface area (Å²) in [6, 6.07) is -8.58. The van der Waals surface area contributed by atoms with E-state index < -0.39 is 115 Å². The number of hydrogen-bond acceptors (Lipinski definition) is 13. The molecule has 62 heavy (non-hydrogen) atoms. The van der Waals surface area contributed by atoms with E-state index in [0.717, 1.165) is 0 Å². The molecule has 0 bridgehead atoms. The van der Waals surface area contributed by atoms with Gasteiger partial charge in [0, 0.05) is 24.9 Å². The van der Waals surface area contributed by atoms with E-state index in [4.69, 9.17) is 22.3 Å². The number of H-pyrrole nitrogens is 1. The third-order valence-electron chi connectivity index (χ3n) is 8.71. The normalized spacial score (nSPS) is 14.4. The number of aliphatic hydroxyl groups excluding tert-OH is 1. The fourth-order valence-electron chi connectivity index (χ4n) is 5.54. The number of amides is 8. The summed E-state index contributed by atoms with van der Waals surface area (Å²) in [5.41, 5.74) is 16.6. The summed E-state index contributed by atoms with van der Waals surface area (Å²) in [6.45, 7) is 7.85. The van der Waals surface area contributed by atoms with Crippen molar-refractivity contribution in [1.29, 1.82) is 0 Å². The maximum atomic E-state index is 13.7. The zero-order valence-corrected chi connectivity index (χ0v) is 35.9. The van der Waals surface area contributed by atoms with Gasteiger partial charge in [-0.2, -0.15) is 0 Å². The van der Waals surface area contributed by atoms with E-state index in [-0.39, 0.29) is 56.4 Å². The van der Waals surface area contributed by atoms with Crippen molar-refractivity contribution in [3.63, 3.8) is 0 Å². The average molecular weight is 881 g/mol. The molecule has 1 rings (SSSR count). The number of nitrogens with two attached hydrogens (primary N) is 3. The van der Waals surface area contributed by atoms with Crippen LogP contribution in [0.3, 0.4) is 0 Å². The smallest absolute Gasteiger partial charge is 0.322 e. The monoisotopic (exact) mass is 880 g/mol. The van der Waals surface area contributed by atoms with Crippen molar-refractivity contribution in [2.45, 2.75) is 116 Å². The Bertz CT molecular complexity index is 1700. The molecule has 0 aliphatic carbocycles. The van der Waals surface area contributed by atoms with Gasteiger partial charge in [-0.05, 0) is 51.4 Å². The summed E-state index contributed by atoms with van der Waals surface area (Å²) in [6.07, 6.45) is 3.12. The third kappa shape index (κ3) is 21.2. The van der Waals surface area contributed by atoms with Crippen LogP contribution in [0.1, 0.15) is 72.9 Å². The van der Waals surface area contributed by atoms with Crippen molar-refractivity contribution in [1.82, 2.24) is 52.5 Å². The van der Waals surface area contributed by atoms with Crippen LogP contribution in [0.2, 0.25) is 0 Å². The summed E-state index contributed by atoms with van der Waals surface area (Å²) in [5.74, 6) is -8.08. The van der Waals surface area contributed by atoms with Crippen LogP contribution in [0.5, 0.6) is 0 Å². The number of rotatable bonds is 28. The second-order valence-electron chi connectivity index (χ2n) is 15.4. The average Bonchev–Trinajstić information content (AvgIpc) is 3.70. The minimum atomic E-state index is -1.45. The molecule has 7 atom stereocenters. The van der Waals surface area contributed by atoms with E-state index in [1.807, 2.05) is 0 Å². The van der Waals surface area contributed by atoms with E-state index >= 15 is 0 Å². The number of imidazole rings is 1. The van der Waals surface area contributed by atoms with Crippen LogP contribution in [-0.2, 0) is 49.6 Å². The van der Waals surface area contributed by atoms with Crippen molar-refractivity contribution in [3.05, 3.63) is 18.2 Å². The summed E-state index contributed by atoms with van der Waals surface area (Å²) in [4.78, 5) is 126. The topological polar surface area (TPSA) is 409 Å². The van der Waals surface area contributed by atoms with Gasteiger partial charge in [0.05, 0.1) is 25.5 Å². The molecule has 0 aliphatic rings. The molecule has 1 aromatic heterocycles. The number of carboxylic acid groups (broad SMARTS) is 1. The van der Waals surface area contributed by atoms with Crippen molar-refractivity contribution >= 4 is 59.2 Å². The number of aliphatic carboxylic acids is 1. The molecule has 0 aromatic carbocycles. The molecule has 0 saturated heterocycles. The first-order valence-corrected chi connectivity index (χ1v) is 20.0. The van der Waals surface area contributed by atoms with Gasteiger partial charge in [-0.3, -0.25) is 48.1 Å². The second kappa shape index (κ2) is 27.5. The lowest BCUT2D eigenvalue weighted by atomic mass is 10.0. The number of aliphatic imine (C=N–C) groups is 1. The summed E-state index contributed by atoms with van der Waals surface area (Å²) < 4.78 is 0. The first-order valence-electron chi connectivity index (χ1n) is 20.0. The van der Waals surface area contributed by atoms with Crippen LogP contribution in [0.25, 0.3) is 0 Å². The van der Waals surface area contributed by atoms with Crippen molar-refractivity contribution in [2.24, 2.45) is 34.0 Å². The van der Waals surface area contributed by atoms with Crippen LogP contribution in [0.15, 0.2) is 17.5 Å². The van der Waals surface area contributed by atoms with Crippen LogP contribution in [-0.4, -0.2) is 148 Å². The molecule has 1 heterocycles. The van der Waals surface area contributed by atoms with Gasteiger partial charge in [0.2, 0.25) is 47.3 Å². The zero-order chi connectivity index (χ0) is 47.1. The highest BCUT2D eigenvalue weighted by Gasteiger charge is 2.32. The predicted molar refractivity (Wildman–Crippen MR) is 223 cm³/mol. The van der Waals surface area contributed by atoms with Gasteiger partial charge in [0.15, 0.2) is 5.96 Å². The minimum absolute atomic E-state index is 0.0252. The Labute approximate surface area is 359 Å². The van der Waals surface area contributed by atoms with Gasteiger partial charge < -0.3 is 74.9 Å². The lowest BCUT2D eigenvalue weighted by molar-refractivity contribution is -0.138. The van der Waals surface area contributed by atoms with Crippen LogP contribution < -0.4 is 59.7 Å². The molecule has 348 valence electrons. The molecule has 8 amide bonds. The highest BCUT2D eigenvalue weighted by Crippen LogP contribution is 2.09. The first kappa shape index (κ1) is 53.6. The lowest BCUT2D eigenvalue weighted by Crippen LogP contribution is -2.59. The lowest BCUT2D eigenvalue weighted by Gasteiger charge is -2.26. The predicted octanol–water partition coefficient (Wildman–Crippen LogP) is -5.32. The minimum Gasteiger partial charge on any atom is -0.480 e. The molecule has 17 N–H and O–H groups in total. The molecule has 0 aliphatic heterocycles. The number of hydrogen-bond donors (Lipinski definition) is 14. The van der Waals surface area contributed by atoms with Gasteiger partial charge >= 0.3 is 5.97 Å². The fraction of sp³-hybridized carbons (Fsp3) is 0.649. The molecular formula is C37H64N14O11. The van der Waals surface area contributed by atoms with Crippen LogP contribution in [0, 0.1) is 11.8 Å². The molecule has 1 aromatic rings. The van der Waals surface area contributed by atoms with Crippen LogP contribution >= 0.6 is 0 Å². The molecule has 0 fully saturated rings. The molecule has 7 unspecified atom stereocenters. The van der Waals surface area contributed by atoms with Crippen molar-refractivity contribution < 1.29 is 53.4 Å². The third-order valence-corrected chi connectivity index (χ3v) is 8.71. The Kier molecular flexibility index (Phi) is 23.8. The number of carbonyl (C=O) groups is 9. The van der Waals surface area contributed by atoms with Gasteiger partial charge in [-0.1, -0.05) is 27.7 Å². The maximum absolute atomic E-state index is 13.7. The van der Waals surface area contributed by atoms with Gasteiger partial charge in [-0.15, -0.1) is 0 Å². The number of aromatic amines is 1. The Morgan fingerprint density at radius 1 is 0.677 bits per heavy atom. The Morgan fingerprint density at radius 2 is 1.19 bits per heavy atom. The summed E-state index contributed by atoms with van der Waals surface area (Å²) >= 11 is 0. The quantitative estimate of drug-likeness (QED) is 0.0212. The first-order chi connectivity index (χ1) is 29.0. The number of guanidine groups is 1. The van der Waals surface area contributed by atoms with E-state index in [1.165, 1.54) is 26.4 Å². The van der Waals surface area contributed by atoms with Gasteiger partial charge in [-0.25, -0.2) is 4.98 Å². The zero-order valence-electron chi connectivity index (χ0n) is 35.9. The highest BCUT2D eigenvalue weighted by molar-refractivity contribution is 5.97. The second-order valence-corrected chi connectivity index (χ2v) is 15.4. The number of nitrogens with one attached hydrogen (secondary N) is 9. The largest absolute Gasteiger partial charge is 0.480 e. The number of nitrogens with zero attached hydrogens (tertiary/aromatic N) is 2. The highest BCUT2D eigenvalue weighted by atomic mass is 16.4. The van der Waals surface area contributed by atoms with E-state index in [1.54, 1.807) is 27.7 Å². The van der Waals surface area contributed by atoms with Gasteiger partial charge in [0.25, 0.3) is 0 Å². The fourth-order valence-corrected chi connectivity index (χ4v) is 5.54. The van der Waals surface area contributed by atoms with E-state index in [2.05, 4.69) is 57.5 Å². The van der Waals surface area contributed by atoms with Crippen LogP contribution in [0.4, 0.5) is 0 Å². The number of aliphatic hydroxyl groups is 1. The number of carboxylic acids is 1. The molecular weight excluding hydrogens is 816 g/mol. The summed E-state index contributed by atoms with van der Waals surface area (Å²) in [7, 11) is 0. The maximum Gasteiger partial charge on any atom is 0.322 e. The van der Waals surface area contributed by atoms with Gasteiger partial charge in [0.1, 0.15) is 42.8 Å². The standard InChI is InChI=1S/C37H64N14O11/c1-18(2)10-24(49-35(61)26(12-22-13-41-17-45-22)50-36(62)27(16-52)51-30(56)20(5)38)33(59)43-14-28(53)47-25(11-19(3)4)34(60)46-21(6)31(57)48-23(8-7-9-42-37(39)40)32(58)44-15-29(54)55/h13,17-21,23-27,52H,7-12,14-16,38H2,1-6H3,(H,41,45)(H,43,59)(H,44,58)(H,46,60)(H,47,53)(H,48,57)(H,49,61)(H,50,62)(H,51,56)(H,54,55)(H4,39,40,42). The SMILES string of the molecule is CC(C)CC(NC(=O)CNC(=O)C(CC(C)C)NC(=O)C(Cc1cnc[nH]1)NC(=O)C(CO)NC(=O)C(C)N)C(=O)NC(C)C(=O)NC(CCCN=C(N)N)C(=O)NCC(=O)O. The van der Waals surface area contributed by atoms with E-state index in [9.17, 15) is 48.3 Å². The van der Waals surface area contributed by atoms with Crippen molar-refractivity contribution in [3.8, 4) is 0 Å². The van der Waals surface area contributed by atoms with E-state index in [0.29, 0.717) is 5.69 Å². The molecule has 0 saturated carbocycles. The number of carbonyl (C=O) groups excluding carboxylic acids is 8. The molecule has 25 nitrogen and oxygen atoms in total. The van der Waals surface area contributed by atoms with Crippen molar-refractivity contribution in [2.75, 3.05) is 26.2 Å². The molecule has 0 spiro atoms. The Balaban J connectivity index is 3.05. The Morgan fingerprint density at radius 3 is 1.73 bits per heavy atom. The Hall–Kier alpha value is -6.37. The molecule has 25 heteroatoms. The summed E-state index contributed by atoms with van der Waals surface area (Å²) in [5, 5.41) is 38.3.